The average molecular weight is 662 g/mol. The van der Waals surface area contributed by atoms with Gasteiger partial charge in [0.05, 0.1) is 25.6 Å². The van der Waals surface area contributed by atoms with E-state index >= 15 is 0 Å². The number of nitro groups is 1. The maximum Gasteiger partial charge on any atom is 0.271 e. The maximum atomic E-state index is 14.2. The van der Waals surface area contributed by atoms with E-state index in [0.29, 0.717) is 10.6 Å². The molecule has 1 aliphatic rings. The fraction of sp³-hybridized carbons (Fsp3) is 0.355. The number of sulfonamides is 1. The molecule has 0 aromatic heterocycles. The zero-order valence-corrected chi connectivity index (χ0v) is 26.5. The second-order valence-corrected chi connectivity index (χ2v) is 13.3. The smallest absolute Gasteiger partial charge is 0.271 e. The summed E-state index contributed by atoms with van der Waals surface area (Å²) in [6, 6.07) is 16.5. The van der Waals surface area contributed by atoms with Gasteiger partial charge in [-0.15, -0.1) is 0 Å². The molecule has 0 heterocycles. The number of carbonyl (C=O) groups is 2. The summed E-state index contributed by atoms with van der Waals surface area (Å²) in [4.78, 5) is 40.0. The normalized spacial score (nSPS) is 14.4. The lowest BCUT2D eigenvalue weighted by Gasteiger charge is -2.34. The largest absolute Gasteiger partial charge is 0.352 e. The monoisotopic (exact) mass is 660 g/mol. The molecule has 4 rings (SSSR count). The highest BCUT2D eigenvalue weighted by atomic mass is 35.5. The zero-order valence-electron chi connectivity index (χ0n) is 24.2. The van der Waals surface area contributed by atoms with Crippen LogP contribution in [0.1, 0.15) is 51.0 Å². The number of hydrogen-bond donors (Lipinski definition) is 1. The van der Waals surface area contributed by atoms with Gasteiger partial charge in [0.15, 0.2) is 0 Å². The number of amides is 2. The van der Waals surface area contributed by atoms with Gasteiger partial charge in [-0.1, -0.05) is 79.7 Å². The van der Waals surface area contributed by atoms with Crippen LogP contribution in [0.5, 0.6) is 0 Å². The highest BCUT2D eigenvalue weighted by molar-refractivity contribution is 7.92. The highest BCUT2D eigenvalue weighted by Gasteiger charge is 2.35. The summed E-state index contributed by atoms with van der Waals surface area (Å²) in [6.45, 7) is 1.01. The number of nitrogens with one attached hydrogen (secondary N) is 1. The quantitative estimate of drug-likeness (QED) is 0.178. The number of rotatable bonds is 12. The Hall–Kier alpha value is -3.67. The second-order valence-electron chi connectivity index (χ2n) is 10.6. The number of nitro benzene ring substituents is 1. The molecule has 10 nitrogen and oxygen atoms in total. The molecule has 1 saturated carbocycles. The van der Waals surface area contributed by atoms with Gasteiger partial charge in [-0.25, -0.2) is 8.42 Å². The molecule has 0 unspecified atom stereocenters. The second kappa shape index (κ2) is 14.9. The standard InChI is InChI=1S/C31H34Cl2N4O6S/c1-2-29(31(39)34-23-10-5-3-6-11-23)35(20-22-16-17-27(32)28(33)18-22)30(38)21-36(24-12-9-13-25(19-24)37(40)41)44(42,43)26-14-7-4-8-15-26/h4,7-9,12-19,23,29H,2-3,5-6,10-11,20-21H2,1H3,(H,34,39)/t29-/m0/s1. The topological polar surface area (TPSA) is 130 Å². The van der Waals surface area contributed by atoms with Gasteiger partial charge >= 0.3 is 0 Å². The van der Waals surface area contributed by atoms with Crippen LogP contribution in [-0.4, -0.2) is 48.7 Å². The Kier molecular flexibility index (Phi) is 11.2. The van der Waals surface area contributed by atoms with Crippen LogP contribution >= 0.6 is 23.2 Å². The van der Waals surface area contributed by atoms with Crippen molar-refractivity contribution in [1.29, 1.82) is 0 Å². The molecule has 1 N–H and O–H groups in total. The predicted molar refractivity (Wildman–Crippen MR) is 170 cm³/mol. The van der Waals surface area contributed by atoms with Crippen molar-refractivity contribution in [1.82, 2.24) is 10.2 Å². The third-order valence-corrected chi connectivity index (χ3v) is 10.1. The summed E-state index contributed by atoms with van der Waals surface area (Å²) >= 11 is 12.4. The van der Waals surface area contributed by atoms with E-state index in [1.807, 2.05) is 0 Å². The molecule has 0 spiro atoms. The Morgan fingerprint density at radius 1 is 0.977 bits per heavy atom. The number of anilines is 1. The first-order chi connectivity index (χ1) is 21.0. The van der Waals surface area contributed by atoms with Gasteiger partial charge in [0.25, 0.3) is 15.7 Å². The number of hydrogen-bond acceptors (Lipinski definition) is 6. The molecule has 1 aliphatic carbocycles. The van der Waals surface area contributed by atoms with Gasteiger partial charge < -0.3 is 10.2 Å². The van der Waals surface area contributed by atoms with Crippen molar-refractivity contribution >= 4 is 56.4 Å². The molecule has 2 amide bonds. The molecule has 3 aromatic carbocycles. The van der Waals surface area contributed by atoms with Crippen LogP contribution < -0.4 is 9.62 Å². The first-order valence-electron chi connectivity index (χ1n) is 14.4. The minimum atomic E-state index is -4.36. The van der Waals surface area contributed by atoms with Crippen molar-refractivity contribution in [3.05, 3.63) is 98.5 Å². The third-order valence-electron chi connectivity index (χ3n) is 7.61. The lowest BCUT2D eigenvalue weighted by atomic mass is 9.95. The van der Waals surface area contributed by atoms with Crippen molar-refractivity contribution in [2.45, 2.75) is 69.0 Å². The average Bonchev–Trinajstić information content (AvgIpc) is 3.02. The number of nitrogens with zero attached hydrogens (tertiary/aromatic N) is 3. The van der Waals surface area contributed by atoms with Gasteiger partial charge in [-0.3, -0.25) is 24.0 Å². The number of halogens is 2. The van der Waals surface area contributed by atoms with Crippen molar-refractivity contribution in [2.24, 2.45) is 0 Å². The summed E-state index contributed by atoms with van der Waals surface area (Å²) in [6.07, 6.45) is 5.06. The van der Waals surface area contributed by atoms with E-state index in [0.717, 1.165) is 42.5 Å². The van der Waals surface area contributed by atoms with Crippen LogP contribution in [0.15, 0.2) is 77.7 Å². The molecule has 13 heteroatoms. The predicted octanol–water partition coefficient (Wildman–Crippen LogP) is 6.35. The van der Waals surface area contributed by atoms with Crippen molar-refractivity contribution in [2.75, 3.05) is 10.8 Å². The van der Waals surface area contributed by atoms with E-state index in [2.05, 4.69) is 5.32 Å². The molecule has 1 atom stereocenters. The Morgan fingerprint density at radius 3 is 2.32 bits per heavy atom. The van der Waals surface area contributed by atoms with E-state index in [1.165, 1.54) is 35.2 Å². The molecule has 3 aromatic rings. The zero-order chi connectivity index (χ0) is 31.9. The number of carbonyl (C=O) groups excluding carboxylic acids is 2. The van der Waals surface area contributed by atoms with E-state index < -0.39 is 33.4 Å². The van der Waals surface area contributed by atoms with Gasteiger partial charge in [0, 0.05) is 24.7 Å². The Bertz CT molecular complexity index is 1600. The van der Waals surface area contributed by atoms with Crippen LogP contribution in [0.2, 0.25) is 10.0 Å². The van der Waals surface area contributed by atoms with E-state index in [1.54, 1.807) is 43.3 Å². The van der Waals surface area contributed by atoms with E-state index in [9.17, 15) is 28.1 Å². The van der Waals surface area contributed by atoms with Crippen LogP contribution in [0.4, 0.5) is 11.4 Å². The molecule has 1 fully saturated rings. The molecule has 0 saturated heterocycles. The van der Waals surface area contributed by atoms with Gasteiger partial charge in [0.2, 0.25) is 11.8 Å². The van der Waals surface area contributed by atoms with Gasteiger partial charge in [-0.2, -0.15) is 0 Å². The first kappa shape index (κ1) is 33.2. The molecule has 0 bridgehead atoms. The van der Waals surface area contributed by atoms with Gasteiger partial charge in [-0.05, 0) is 55.2 Å². The molecule has 0 radical (unpaired) electrons. The Labute approximate surface area is 267 Å². The summed E-state index contributed by atoms with van der Waals surface area (Å²) in [5.41, 5.74) is 0.184. The Morgan fingerprint density at radius 2 is 1.68 bits per heavy atom. The fourth-order valence-electron chi connectivity index (χ4n) is 5.31. The molecular formula is C31H34Cl2N4O6S. The van der Waals surface area contributed by atoms with Crippen molar-refractivity contribution in [3.63, 3.8) is 0 Å². The number of non-ortho nitro benzene ring substituents is 1. The summed E-state index contributed by atoms with van der Waals surface area (Å²) in [7, 11) is -4.36. The van der Waals surface area contributed by atoms with Crippen LogP contribution in [-0.2, 0) is 26.2 Å². The summed E-state index contributed by atoms with van der Waals surface area (Å²) in [5, 5.41) is 15.2. The molecule has 0 aliphatic heterocycles. The van der Waals surface area contributed by atoms with Crippen molar-refractivity contribution in [3.8, 4) is 0 Å². The Balaban J connectivity index is 1.74. The lowest BCUT2D eigenvalue weighted by molar-refractivity contribution is -0.384. The minimum Gasteiger partial charge on any atom is -0.352 e. The van der Waals surface area contributed by atoms with Gasteiger partial charge in [0.1, 0.15) is 12.6 Å². The fourth-order valence-corrected chi connectivity index (χ4v) is 7.06. The van der Waals surface area contributed by atoms with Crippen LogP contribution in [0.3, 0.4) is 0 Å². The van der Waals surface area contributed by atoms with Crippen molar-refractivity contribution < 1.29 is 22.9 Å². The first-order valence-corrected chi connectivity index (χ1v) is 16.6. The maximum absolute atomic E-state index is 14.2. The molecular weight excluding hydrogens is 627 g/mol. The lowest BCUT2D eigenvalue weighted by Crippen LogP contribution is -2.54. The van der Waals surface area contributed by atoms with E-state index in [4.69, 9.17) is 23.2 Å². The van der Waals surface area contributed by atoms with Crippen LogP contribution in [0.25, 0.3) is 0 Å². The molecule has 44 heavy (non-hydrogen) atoms. The molecule has 234 valence electrons. The van der Waals surface area contributed by atoms with Crippen LogP contribution in [0, 0.1) is 10.1 Å². The summed E-state index contributed by atoms with van der Waals surface area (Å²) in [5.74, 6) is -1.01. The number of benzene rings is 3. The third kappa shape index (κ3) is 8.08. The van der Waals surface area contributed by atoms with E-state index in [-0.39, 0.29) is 46.2 Å². The highest BCUT2D eigenvalue weighted by Crippen LogP contribution is 2.29. The SMILES string of the molecule is CC[C@@H](C(=O)NC1CCCCC1)N(Cc1ccc(Cl)c(Cl)c1)C(=O)CN(c1cccc([N+](=O)[O-])c1)S(=O)(=O)c1ccccc1. The summed E-state index contributed by atoms with van der Waals surface area (Å²) < 4.78 is 28.7. The minimum absolute atomic E-state index is 0.00736.